The number of hydrogen-bond donors (Lipinski definition) is 0. The second kappa shape index (κ2) is 6.86. The summed E-state index contributed by atoms with van der Waals surface area (Å²) in [6.07, 6.45) is 2.16. The SMILES string of the molecule is CN1CC[C@H]2COc3ccc(OCCc4ccccc4)cc3[C@H]2C1. The molecule has 0 unspecified atom stereocenters. The van der Waals surface area contributed by atoms with Gasteiger partial charge in [-0.3, -0.25) is 0 Å². The molecule has 2 aromatic carbocycles. The molecule has 0 spiro atoms. The molecular weight excluding hydrogens is 298 g/mol. The third-order valence-electron chi connectivity index (χ3n) is 5.29. The molecule has 0 bridgehead atoms. The second-order valence-corrected chi connectivity index (χ2v) is 7.01. The van der Waals surface area contributed by atoms with Crippen LogP contribution in [0.5, 0.6) is 11.5 Å². The zero-order chi connectivity index (χ0) is 16.4. The van der Waals surface area contributed by atoms with Crippen molar-refractivity contribution < 1.29 is 9.47 Å². The molecule has 126 valence electrons. The van der Waals surface area contributed by atoms with E-state index in [4.69, 9.17) is 9.47 Å². The van der Waals surface area contributed by atoms with Gasteiger partial charge in [-0.25, -0.2) is 0 Å². The molecule has 3 heteroatoms. The predicted octanol–water partition coefficient (Wildman–Crippen LogP) is 3.74. The predicted molar refractivity (Wildman–Crippen MR) is 95.9 cm³/mol. The van der Waals surface area contributed by atoms with Gasteiger partial charge in [0, 0.05) is 30.4 Å². The van der Waals surface area contributed by atoms with Gasteiger partial charge in [0.15, 0.2) is 0 Å². The van der Waals surface area contributed by atoms with Crippen LogP contribution in [0.2, 0.25) is 0 Å². The topological polar surface area (TPSA) is 21.7 Å². The summed E-state index contributed by atoms with van der Waals surface area (Å²) in [7, 11) is 2.21. The van der Waals surface area contributed by atoms with E-state index in [9.17, 15) is 0 Å². The molecule has 2 aliphatic heterocycles. The fraction of sp³-hybridized carbons (Fsp3) is 0.429. The highest BCUT2D eigenvalue weighted by Crippen LogP contribution is 2.42. The first-order valence-corrected chi connectivity index (χ1v) is 8.91. The lowest BCUT2D eigenvalue weighted by molar-refractivity contribution is 0.113. The molecule has 0 radical (unpaired) electrons. The van der Waals surface area contributed by atoms with E-state index in [0.717, 1.165) is 31.1 Å². The van der Waals surface area contributed by atoms with Gasteiger partial charge in [0.05, 0.1) is 13.2 Å². The fourth-order valence-corrected chi connectivity index (χ4v) is 3.88. The van der Waals surface area contributed by atoms with Gasteiger partial charge in [0.1, 0.15) is 11.5 Å². The third kappa shape index (κ3) is 3.27. The number of likely N-dealkylation sites (N-methyl/N-ethyl adjacent to an activating group) is 1. The van der Waals surface area contributed by atoms with Gasteiger partial charge in [0.25, 0.3) is 0 Å². The second-order valence-electron chi connectivity index (χ2n) is 7.01. The average molecular weight is 323 g/mol. The van der Waals surface area contributed by atoms with Gasteiger partial charge < -0.3 is 14.4 Å². The molecule has 2 heterocycles. The van der Waals surface area contributed by atoms with Gasteiger partial charge >= 0.3 is 0 Å². The summed E-state index contributed by atoms with van der Waals surface area (Å²) in [4.78, 5) is 2.43. The Morgan fingerprint density at radius 2 is 2.04 bits per heavy atom. The minimum Gasteiger partial charge on any atom is -0.493 e. The summed E-state index contributed by atoms with van der Waals surface area (Å²) >= 11 is 0. The Morgan fingerprint density at radius 3 is 2.92 bits per heavy atom. The number of hydrogen-bond acceptors (Lipinski definition) is 3. The van der Waals surface area contributed by atoms with E-state index in [1.54, 1.807) is 0 Å². The summed E-state index contributed by atoms with van der Waals surface area (Å²) in [6, 6.07) is 16.8. The zero-order valence-electron chi connectivity index (χ0n) is 14.3. The number of piperidine rings is 1. The van der Waals surface area contributed by atoms with E-state index < -0.39 is 0 Å². The van der Waals surface area contributed by atoms with Gasteiger partial charge in [-0.2, -0.15) is 0 Å². The maximum absolute atomic E-state index is 6.01. The Hall–Kier alpha value is -2.00. The van der Waals surface area contributed by atoms with Crippen LogP contribution in [-0.2, 0) is 6.42 Å². The Morgan fingerprint density at radius 1 is 1.17 bits per heavy atom. The molecule has 1 fully saturated rings. The van der Waals surface area contributed by atoms with Crippen molar-refractivity contribution in [1.82, 2.24) is 4.90 Å². The summed E-state index contributed by atoms with van der Waals surface area (Å²) in [5.41, 5.74) is 2.64. The number of likely N-dealkylation sites (tertiary alicyclic amines) is 1. The van der Waals surface area contributed by atoms with Crippen LogP contribution in [0.25, 0.3) is 0 Å². The van der Waals surface area contributed by atoms with Crippen LogP contribution < -0.4 is 9.47 Å². The van der Waals surface area contributed by atoms with E-state index in [0.29, 0.717) is 18.4 Å². The van der Waals surface area contributed by atoms with Crippen LogP contribution in [0, 0.1) is 5.92 Å². The van der Waals surface area contributed by atoms with E-state index in [1.165, 1.54) is 24.1 Å². The maximum Gasteiger partial charge on any atom is 0.123 e. The van der Waals surface area contributed by atoms with E-state index in [1.807, 2.05) is 12.1 Å². The first-order chi connectivity index (χ1) is 11.8. The van der Waals surface area contributed by atoms with E-state index in [2.05, 4.69) is 48.3 Å². The molecule has 2 atom stereocenters. The standard InChI is InChI=1S/C21H25NO2/c1-22-11-9-17-15-24-21-8-7-18(13-19(21)20(17)14-22)23-12-10-16-5-3-2-4-6-16/h2-8,13,17,20H,9-12,14-15H2,1H3/t17-,20-/m0/s1. The van der Waals surface area contributed by atoms with Crippen molar-refractivity contribution in [3.05, 3.63) is 59.7 Å². The Bertz CT molecular complexity index is 685. The molecule has 4 rings (SSSR count). The number of rotatable bonds is 4. The Kier molecular flexibility index (Phi) is 4.44. The molecular formula is C21H25NO2. The quantitative estimate of drug-likeness (QED) is 0.855. The van der Waals surface area contributed by atoms with Gasteiger partial charge in [-0.05, 0) is 43.8 Å². The molecule has 1 saturated heterocycles. The zero-order valence-corrected chi connectivity index (χ0v) is 14.3. The molecule has 0 N–H and O–H groups in total. The number of benzene rings is 2. The third-order valence-corrected chi connectivity index (χ3v) is 5.29. The highest BCUT2D eigenvalue weighted by Gasteiger charge is 2.34. The number of fused-ring (bicyclic) bond motifs is 3. The summed E-state index contributed by atoms with van der Waals surface area (Å²) in [5, 5.41) is 0. The minimum absolute atomic E-state index is 0.574. The van der Waals surface area contributed by atoms with Crippen LogP contribution in [0.15, 0.2) is 48.5 Å². The highest BCUT2D eigenvalue weighted by atomic mass is 16.5. The average Bonchev–Trinajstić information content (AvgIpc) is 2.62. The van der Waals surface area contributed by atoms with E-state index in [-0.39, 0.29) is 0 Å². The summed E-state index contributed by atoms with van der Waals surface area (Å²) in [6.45, 7) is 3.86. The van der Waals surface area contributed by atoms with Crippen LogP contribution in [-0.4, -0.2) is 38.3 Å². The molecule has 2 aromatic rings. The van der Waals surface area contributed by atoms with Gasteiger partial charge in [0.2, 0.25) is 0 Å². The normalized spacial score (nSPS) is 23.0. The minimum atomic E-state index is 0.574. The molecule has 3 nitrogen and oxygen atoms in total. The van der Waals surface area contributed by atoms with Crippen LogP contribution in [0.1, 0.15) is 23.5 Å². The monoisotopic (exact) mass is 323 g/mol. The Balaban J connectivity index is 1.45. The molecule has 2 aliphatic rings. The molecule has 0 aliphatic carbocycles. The fourth-order valence-electron chi connectivity index (χ4n) is 3.88. The molecule has 24 heavy (non-hydrogen) atoms. The lowest BCUT2D eigenvalue weighted by atomic mass is 9.79. The first kappa shape index (κ1) is 15.5. The smallest absolute Gasteiger partial charge is 0.123 e. The van der Waals surface area contributed by atoms with E-state index >= 15 is 0 Å². The van der Waals surface area contributed by atoms with Gasteiger partial charge in [-0.15, -0.1) is 0 Å². The molecule has 0 amide bonds. The molecule has 0 aromatic heterocycles. The van der Waals surface area contributed by atoms with Crippen molar-refractivity contribution in [1.29, 1.82) is 0 Å². The number of nitrogens with zero attached hydrogens (tertiary/aromatic N) is 1. The van der Waals surface area contributed by atoms with Crippen LogP contribution >= 0.6 is 0 Å². The van der Waals surface area contributed by atoms with Crippen molar-refractivity contribution in [2.75, 3.05) is 33.4 Å². The number of ether oxygens (including phenoxy) is 2. The Labute approximate surface area is 144 Å². The van der Waals surface area contributed by atoms with Crippen molar-refractivity contribution >= 4 is 0 Å². The lowest BCUT2D eigenvalue weighted by Crippen LogP contribution is -2.41. The van der Waals surface area contributed by atoms with Crippen LogP contribution in [0.3, 0.4) is 0 Å². The molecule has 0 saturated carbocycles. The largest absolute Gasteiger partial charge is 0.493 e. The van der Waals surface area contributed by atoms with Crippen molar-refractivity contribution in [2.24, 2.45) is 5.92 Å². The van der Waals surface area contributed by atoms with Crippen LogP contribution in [0.4, 0.5) is 0 Å². The highest BCUT2D eigenvalue weighted by molar-refractivity contribution is 5.44. The maximum atomic E-state index is 6.01. The van der Waals surface area contributed by atoms with Crippen molar-refractivity contribution in [2.45, 2.75) is 18.8 Å². The first-order valence-electron chi connectivity index (χ1n) is 8.91. The summed E-state index contributed by atoms with van der Waals surface area (Å²) < 4.78 is 12.0. The van der Waals surface area contributed by atoms with Crippen molar-refractivity contribution in [3.8, 4) is 11.5 Å². The summed E-state index contributed by atoms with van der Waals surface area (Å²) in [5.74, 6) is 3.22. The van der Waals surface area contributed by atoms with Crippen molar-refractivity contribution in [3.63, 3.8) is 0 Å². The van der Waals surface area contributed by atoms with Gasteiger partial charge in [-0.1, -0.05) is 30.3 Å². The lowest BCUT2D eigenvalue weighted by Gasteiger charge is -2.40.